The Balaban J connectivity index is 0.00000126. The van der Waals surface area contributed by atoms with Gasteiger partial charge in [0.05, 0.1) is 11.3 Å². The first-order chi connectivity index (χ1) is 12.8. The lowest BCUT2D eigenvalue weighted by atomic mass is 10.1. The third-order valence-corrected chi connectivity index (χ3v) is 3.33. The zero-order valence-electron chi connectivity index (χ0n) is 14.6. The minimum Gasteiger partial charge on any atom is -0.437 e. The molecule has 0 fully saturated rings. The van der Waals surface area contributed by atoms with Crippen molar-refractivity contribution in [1.82, 2.24) is 9.97 Å². The van der Waals surface area contributed by atoms with Crippen LogP contribution in [-0.2, 0) is 6.18 Å². The van der Waals surface area contributed by atoms with E-state index in [0.717, 1.165) is 12.1 Å². The van der Waals surface area contributed by atoms with Crippen LogP contribution in [0.25, 0.3) is 11.3 Å². The quantitative estimate of drug-likeness (QED) is 0.468. The second kappa shape index (κ2) is 8.48. The average Bonchev–Trinajstić information content (AvgIpc) is 2.66. The minimum absolute atomic E-state index is 0.0159. The average molecular weight is 379 g/mol. The summed E-state index contributed by atoms with van der Waals surface area (Å²) in [6, 6.07) is 8.24. The summed E-state index contributed by atoms with van der Waals surface area (Å²) < 4.78 is 56.9. The van der Waals surface area contributed by atoms with Crippen LogP contribution in [0.4, 0.5) is 23.2 Å². The summed E-state index contributed by atoms with van der Waals surface area (Å²) in [5.74, 6) is -0.444. The normalized spacial score (nSPS) is 10.7. The molecule has 0 saturated heterocycles. The molecule has 4 nitrogen and oxygen atoms in total. The minimum atomic E-state index is -4.43. The van der Waals surface area contributed by atoms with Gasteiger partial charge in [-0.2, -0.15) is 13.2 Å². The van der Waals surface area contributed by atoms with Crippen LogP contribution >= 0.6 is 0 Å². The number of nitrogen functional groups attached to an aromatic ring is 1. The Kier molecular flexibility index (Phi) is 6.33. The number of nitrogens with zero attached hydrogens (tertiary/aromatic N) is 2. The van der Waals surface area contributed by atoms with Crippen LogP contribution in [0.5, 0.6) is 11.6 Å². The number of hydrogen-bond acceptors (Lipinski definition) is 4. The number of anilines is 1. The van der Waals surface area contributed by atoms with Gasteiger partial charge >= 0.3 is 6.18 Å². The van der Waals surface area contributed by atoms with E-state index in [0.29, 0.717) is 5.56 Å². The fourth-order valence-electron chi connectivity index (χ4n) is 2.10. The Labute approximate surface area is 153 Å². The number of hydrogen-bond donors (Lipinski definition) is 1. The van der Waals surface area contributed by atoms with Crippen molar-refractivity contribution in [2.24, 2.45) is 0 Å². The molecular formula is C19H17F4N3O. The summed E-state index contributed by atoms with van der Waals surface area (Å²) in [4.78, 5) is 8.11. The van der Waals surface area contributed by atoms with Crippen molar-refractivity contribution in [1.29, 1.82) is 0 Å². The van der Waals surface area contributed by atoms with Crippen molar-refractivity contribution in [3.63, 3.8) is 0 Å². The summed E-state index contributed by atoms with van der Waals surface area (Å²) in [7, 11) is 0. The zero-order chi connectivity index (χ0) is 20.0. The molecule has 2 aromatic carbocycles. The lowest BCUT2D eigenvalue weighted by Crippen LogP contribution is -2.04. The smallest absolute Gasteiger partial charge is 0.416 e. The lowest BCUT2D eigenvalue weighted by Gasteiger charge is -2.11. The Morgan fingerprint density at radius 1 is 0.926 bits per heavy atom. The SMILES string of the molecule is CC.Nc1ccc(-c2nccnc2Oc2ccc(C(F)(F)F)cc2)cc1F. The third kappa shape index (κ3) is 4.93. The van der Waals surface area contributed by atoms with Crippen molar-refractivity contribution in [3.8, 4) is 22.9 Å². The Hall–Kier alpha value is -3.16. The van der Waals surface area contributed by atoms with Gasteiger partial charge in [-0.15, -0.1) is 0 Å². The number of halogens is 4. The van der Waals surface area contributed by atoms with Crippen LogP contribution in [0.1, 0.15) is 19.4 Å². The first-order valence-corrected chi connectivity index (χ1v) is 8.06. The number of alkyl halides is 3. The van der Waals surface area contributed by atoms with Crippen LogP contribution in [0.15, 0.2) is 54.9 Å². The molecular weight excluding hydrogens is 362 g/mol. The molecule has 0 saturated carbocycles. The molecule has 0 aliphatic rings. The maximum atomic E-state index is 13.7. The van der Waals surface area contributed by atoms with E-state index in [-0.39, 0.29) is 23.0 Å². The maximum absolute atomic E-state index is 13.7. The van der Waals surface area contributed by atoms with E-state index in [1.165, 1.54) is 36.7 Å². The summed E-state index contributed by atoms with van der Waals surface area (Å²) in [5, 5.41) is 0. The van der Waals surface area contributed by atoms with Gasteiger partial charge in [-0.25, -0.2) is 14.4 Å². The van der Waals surface area contributed by atoms with Gasteiger partial charge in [-0.3, -0.25) is 0 Å². The van der Waals surface area contributed by atoms with Crippen LogP contribution < -0.4 is 10.5 Å². The molecule has 8 heteroatoms. The predicted molar refractivity (Wildman–Crippen MR) is 94.7 cm³/mol. The summed E-state index contributed by atoms with van der Waals surface area (Å²) >= 11 is 0. The number of ether oxygens (including phenoxy) is 1. The first kappa shape index (κ1) is 20.2. The fraction of sp³-hybridized carbons (Fsp3) is 0.158. The number of nitrogens with two attached hydrogens (primary N) is 1. The highest BCUT2D eigenvalue weighted by atomic mass is 19.4. The summed E-state index contributed by atoms with van der Waals surface area (Å²) in [5.41, 5.74) is 5.25. The number of benzene rings is 2. The molecule has 27 heavy (non-hydrogen) atoms. The second-order valence-corrected chi connectivity index (χ2v) is 5.07. The summed E-state index contributed by atoms with van der Waals surface area (Å²) in [6.45, 7) is 4.00. The molecule has 1 heterocycles. The Bertz CT molecular complexity index is 896. The largest absolute Gasteiger partial charge is 0.437 e. The molecule has 0 atom stereocenters. The molecule has 3 aromatic rings. The lowest BCUT2D eigenvalue weighted by molar-refractivity contribution is -0.137. The molecule has 142 valence electrons. The van der Waals surface area contributed by atoms with Crippen LogP contribution in [0.3, 0.4) is 0 Å². The van der Waals surface area contributed by atoms with E-state index in [4.69, 9.17) is 10.5 Å². The highest BCUT2D eigenvalue weighted by Gasteiger charge is 2.30. The zero-order valence-corrected chi connectivity index (χ0v) is 14.6. The molecule has 0 bridgehead atoms. The van der Waals surface area contributed by atoms with Gasteiger partial charge in [0.15, 0.2) is 0 Å². The van der Waals surface area contributed by atoms with E-state index < -0.39 is 17.6 Å². The maximum Gasteiger partial charge on any atom is 0.416 e. The molecule has 0 radical (unpaired) electrons. The van der Waals surface area contributed by atoms with Crippen LogP contribution in [-0.4, -0.2) is 9.97 Å². The standard InChI is InChI=1S/C17H11F4N3O.C2H6/c18-13-9-10(1-6-14(13)22)15-16(24-8-7-23-15)25-12-4-2-11(3-5-12)17(19,20)21;1-2/h1-9H,22H2;1-2H3. The van der Waals surface area contributed by atoms with E-state index in [1.807, 2.05) is 13.8 Å². The van der Waals surface area contributed by atoms with E-state index in [9.17, 15) is 17.6 Å². The number of rotatable bonds is 3. The molecule has 2 N–H and O–H groups in total. The van der Waals surface area contributed by atoms with Crippen molar-refractivity contribution >= 4 is 5.69 Å². The van der Waals surface area contributed by atoms with Crippen molar-refractivity contribution in [2.75, 3.05) is 5.73 Å². The molecule has 0 spiro atoms. The number of aromatic nitrogens is 2. The van der Waals surface area contributed by atoms with E-state index >= 15 is 0 Å². The fourth-order valence-corrected chi connectivity index (χ4v) is 2.10. The molecule has 1 aromatic heterocycles. The topological polar surface area (TPSA) is 61.0 Å². The highest BCUT2D eigenvalue weighted by molar-refractivity contribution is 5.66. The Morgan fingerprint density at radius 3 is 2.15 bits per heavy atom. The van der Waals surface area contributed by atoms with Crippen LogP contribution in [0.2, 0.25) is 0 Å². The predicted octanol–water partition coefficient (Wildman–Crippen LogP) is 5.70. The molecule has 0 aliphatic carbocycles. The van der Waals surface area contributed by atoms with Gasteiger partial charge in [-0.05, 0) is 36.4 Å². The van der Waals surface area contributed by atoms with Crippen molar-refractivity contribution in [3.05, 3.63) is 66.2 Å². The third-order valence-electron chi connectivity index (χ3n) is 3.33. The van der Waals surface area contributed by atoms with Crippen molar-refractivity contribution in [2.45, 2.75) is 20.0 Å². The second-order valence-electron chi connectivity index (χ2n) is 5.07. The first-order valence-electron chi connectivity index (χ1n) is 8.06. The molecule has 3 rings (SSSR count). The molecule has 0 aliphatic heterocycles. The van der Waals surface area contributed by atoms with Crippen molar-refractivity contribution < 1.29 is 22.3 Å². The van der Waals surface area contributed by atoms with Crippen LogP contribution in [0, 0.1) is 5.82 Å². The monoisotopic (exact) mass is 379 g/mol. The molecule has 0 amide bonds. The van der Waals surface area contributed by atoms with Gasteiger partial charge in [0.1, 0.15) is 17.3 Å². The van der Waals surface area contributed by atoms with Gasteiger partial charge in [-0.1, -0.05) is 19.9 Å². The van der Waals surface area contributed by atoms with E-state index in [2.05, 4.69) is 9.97 Å². The summed E-state index contributed by atoms with van der Waals surface area (Å²) in [6.07, 6.45) is -1.68. The van der Waals surface area contributed by atoms with Gasteiger partial charge < -0.3 is 10.5 Å². The molecule has 0 unspecified atom stereocenters. The van der Waals surface area contributed by atoms with Gasteiger partial charge in [0.2, 0.25) is 5.88 Å². The highest BCUT2D eigenvalue weighted by Crippen LogP contribution is 2.33. The van der Waals surface area contributed by atoms with Gasteiger partial charge in [0.25, 0.3) is 0 Å². The Morgan fingerprint density at radius 2 is 1.56 bits per heavy atom. The van der Waals surface area contributed by atoms with Gasteiger partial charge in [0, 0.05) is 18.0 Å². The van der Waals surface area contributed by atoms with E-state index in [1.54, 1.807) is 6.07 Å².